The van der Waals surface area contributed by atoms with E-state index in [4.69, 9.17) is 0 Å². The molecule has 1 fully saturated rings. The molecule has 2 N–H and O–H groups in total. The van der Waals surface area contributed by atoms with E-state index in [1.165, 1.54) is 4.90 Å². The molecule has 27 heavy (non-hydrogen) atoms. The van der Waals surface area contributed by atoms with Gasteiger partial charge in [-0.1, -0.05) is 0 Å². The first kappa shape index (κ1) is 26.2. The van der Waals surface area contributed by atoms with Crippen molar-refractivity contribution in [3.8, 4) is 0 Å². The van der Waals surface area contributed by atoms with Gasteiger partial charge in [0, 0.05) is 45.7 Å². The summed E-state index contributed by atoms with van der Waals surface area (Å²) < 4.78 is 37.3. The number of likely N-dealkylation sites (tertiary alicyclic amines) is 1. The van der Waals surface area contributed by atoms with E-state index < -0.39 is 12.7 Å². The van der Waals surface area contributed by atoms with Crippen molar-refractivity contribution in [3.05, 3.63) is 0 Å². The van der Waals surface area contributed by atoms with E-state index in [-0.39, 0.29) is 35.8 Å². The minimum absolute atomic E-state index is 0. The van der Waals surface area contributed by atoms with Crippen molar-refractivity contribution in [1.29, 1.82) is 0 Å². The summed E-state index contributed by atoms with van der Waals surface area (Å²) in [6, 6.07) is 0. The van der Waals surface area contributed by atoms with Crippen molar-refractivity contribution >= 4 is 35.8 Å². The number of rotatable bonds is 9. The summed E-state index contributed by atoms with van der Waals surface area (Å²) in [5, 5.41) is 6.23. The molecule has 0 radical (unpaired) electrons. The number of carbonyl (C=O) groups excluding carboxylic acids is 1. The Morgan fingerprint density at radius 1 is 1.22 bits per heavy atom. The summed E-state index contributed by atoms with van der Waals surface area (Å²) in [5.41, 5.74) is 0. The van der Waals surface area contributed by atoms with Gasteiger partial charge in [0.1, 0.15) is 0 Å². The molecule has 1 saturated heterocycles. The first-order valence-electron chi connectivity index (χ1n) is 9.38. The lowest BCUT2D eigenvalue weighted by atomic mass is 10.1. The van der Waals surface area contributed by atoms with Crippen LogP contribution in [0.5, 0.6) is 0 Å². The molecule has 1 unspecified atom stereocenters. The number of alkyl halides is 3. The largest absolute Gasteiger partial charge is 0.401 e. The highest BCUT2D eigenvalue weighted by molar-refractivity contribution is 14.0. The van der Waals surface area contributed by atoms with Crippen LogP contribution in [0, 0.1) is 5.92 Å². The van der Waals surface area contributed by atoms with Gasteiger partial charge in [-0.15, -0.1) is 24.0 Å². The molecule has 0 bridgehead atoms. The molecule has 0 aromatic rings. The van der Waals surface area contributed by atoms with Crippen molar-refractivity contribution in [2.24, 2.45) is 10.9 Å². The molecule has 1 amide bonds. The van der Waals surface area contributed by atoms with Gasteiger partial charge in [-0.05, 0) is 39.7 Å². The molecule has 0 spiro atoms. The van der Waals surface area contributed by atoms with E-state index in [1.54, 1.807) is 4.90 Å². The summed E-state index contributed by atoms with van der Waals surface area (Å²) in [4.78, 5) is 19.7. The molecule has 160 valence electrons. The maximum atomic E-state index is 12.4. The van der Waals surface area contributed by atoms with Gasteiger partial charge in [0.15, 0.2) is 5.96 Å². The van der Waals surface area contributed by atoms with Crippen LogP contribution in [0.1, 0.15) is 33.6 Å². The molecular weight excluding hydrogens is 474 g/mol. The van der Waals surface area contributed by atoms with Crippen molar-refractivity contribution in [1.82, 2.24) is 20.4 Å². The number of hydrogen-bond acceptors (Lipinski definition) is 3. The summed E-state index contributed by atoms with van der Waals surface area (Å²) in [6.45, 7) is 8.90. The molecule has 1 aliphatic heterocycles. The summed E-state index contributed by atoms with van der Waals surface area (Å²) in [5.74, 6) is 0.830. The molecule has 0 aromatic heterocycles. The number of guanidine groups is 1. The molecule has 1 atom stereocenters. The standard InChI is InChI=1S/C17H32F3N5O.HI/c1-4-21-16(22-9-7-15(26)25(5-2)6-3)23-11-14-8-10-24(12-14)13-17(18,19)20;/h14H,4-13H2,1-3H3,(H2,21,22,23);1H. The Morgan fingerprint density at radius 2 is 1.89 bits per heavy atom. The summed E-state index contributed by atoms with van der Waals surface area (Å²) in [6.07, 6.45) is -3.04. The Morgan fingerprint density at radius 3 is 2.44 bits per heavy atom. The predicted octanol–water partition coefficient (Wildman–Crippen LogP) is 2.30. The number of amides is 1. The third-order valence-electron chi connectivity index (χ3n) is 4.37. The second-order valence-corrected chi connectivity index (χ2v) is 6.47. The lowest BCUT2D eigenvalue weighted by molar-refractivity contribution is -0.143. The van der Waals surface area contributed by atoms with Crippen LogP contribution in [0.4, 0.5) is 13.2 Å². The molecule has 1 heterocycles. The summed E-state index contributed by atoms with van der Waals surface area (Å²) in [7, 11) is 0. The SMILES string of the molecule is CCNC(=NCC1CCN(CC(F)(F)F)C1)NCCC(=O)N(CC)CC.I. The van der Waals surface area contributed by atoms with Crippen LogP contribution < -0.4 is 10.6 Å². The van der Waals surface area contributed by atoms with Gasteiger partial charge in [0.25, 0.3) is 0 Å². The van der Waals surface area contributed by atoms with Crippen molar-refractivity contribution in [3.63, 3.8) is 0 Å². The molecule has 1 rings (SSSR count). The van der Waals surface area contributed by atoms with Crippen molar-refractivity contribution < 1.29 is 18.0 Å². The van der Waals surface area contributed by atoms with Gasteiger partial charge >= 0.3 is 6.18 Å². The molecule has 0 aromatic carbocycles. The first-order valence-corrected chi connectivity index (χ1v) is 9.38. The molecule has 0 aliphatic carbocycles. The zero-order valence-corrected chi connectivity index (χ0v) is 18.8. The second kappa shape index (κ2) is 13.4. The summed E-state index contributed by atoms with van der Waals surface area (Å²) >= 11 is 0. The Bertz CT molecular complexity index is 458. The van der Waals surface area contributed by atoms with Gasteiger partial charge < -0.3 is 15.5 Å². The Hall–Kier alpha value is -0.780. The van der Waals surface area contributed by atoms with E-state index in [2.05, 4.69) is 15.6 Å². The van der Waals surface area contributed by atoms with E-state index in [9.17, 15) is 18.0 Å². The highest BCUT2D eigenvalue weighted by Crippen LogP contribution is 2.22. The third-order valence-corrected chi connectivity index (χ3v) is 4.37. The van der Waals surface area contributed by atoms with Gasteiger partial charge in [-0.2, -0.15) is 13.2 Å². The second-order valence-electron chi connectivity index (χ2n) is 6.47. The molecule has 10 heteroatoms. The van der Waals surface area contributed by atoms with Gasteiger partial charge in [-0.3, -0.25) is 14.7 Å². The van der Waals surface area contributed by atoms with E-state index in [0.29, 0.717) is 58.2 Å². The van der Waals surface area contributed by atoms with Gasteiger partial charge in [0.05, 0.1) is 6.54 Å². The predicted molar refractivity (Wildman–Crippen MR) is 113 cm³/mol. The van der Waals surface area contributed by atoms with Crippen LogP contribution in [0.25, 0.3) is 0 Å². The number of hydrogen-bond donors (Lipinski definition) is 2. The highest BCUT2D eigenvalue weighted by Gasteiger charge is 2.34. The van der Waals surface area contributed by atoms with Crippen LogP contribution in [-0.4, -0.2) is 80.2 Å². The van der Waals surface area contributed by atoms with Crippen molar-refractivity contribution in [2.75, 3.05) is 52.4 Å². The normalized spacial score (nSPS) is 18.1. The van der Waals surface area contributed by atoms with Gasteiger partial charge in [0.2, 0.25) is 5.91 Å². The highest BCUT2D eigenvalue weighted by atomic mass is 127. The number of nitrogens with zero attached hydrogens (tertiary/aromatic N) is 3. The fourth-order valence-corrected chi connectivity index (χ4v) is 3.04. The third kappa shape index (κ3) is 11.0. The average Bonchev–Trinajstić information content (AvgIpc) is 2.99. The fraction of sp³-hybridized carbons (Fsp3) is 0.882. The minimum Gasteiger partial charge on any atom is -0.357 e. The number of nitrogens with one attached hydrogen (secondary N) is 2. The van der Waals surface area contributed by atoms with Crippen LogP contribution in [0.2, 0.25) is 0 Å². The lowest BCUT2D eigenvalue weighted by Crippen LogP contribution is -2.40. The van der Waals surface area contributed by atoms with Crippen molar-refractivity contribution in [2.45, 2.75) is 39.8 Å². The lowest BCUT2D eigenvalue weighted by Gasteiger charge is -2.19. The Balaban J connectivity index is 0.00000676. The smallest absolute Gasteiger partial charge is 0.357 e. The molecule has 6 nitrogen and oxygen atoms in total. The first-order chi connectivity index (χ1) is 12.3. The van der Waals surface area contributed by atoms with E-state index in [1.807, 2.05) is 20.8 Å². The van der Waals surface area contributed by atoms with Crippen LogP contribution in [-0.2, 0) is 4.79 Å². The maximum absolute atomic E-state index is 12.4. The van der Waals surface area contributed by atoms with E-state index >= 15 is 0 Å². The molecular formula is C17H33F3IN5O. The maximum Gasteiger partial charge on any atom is 0.401 e. The monoisotopic (exact) mass is 507 g/mol. The minimum atomic E-state index is -4.15. The topological polar surface area (TPSA) is 60.0 Å². The number of halogens is 4. The van der Waals surface area contributed by atoms with Crippen LogP contribution >= 0.6 is 24.0 Å². The Labute approximate surface area is 177 Å². The Kier molecular flexibility index (Phi) is 13.0. The van der Waals surface area contributed by atoms with Gasteiger partial charge in [-0.25, -0.2) is 0 Å². The quantitative estimate of drug-likeness (QED) is 0.286. The molecule has 0 saturated carbocycles. The van der Waals surface area contributed by atoms with E-state index in [0.717, 1.165) is 6.42 Å². The average molecular weight is 507 g/mol. The zero-order valence-electron chi connectivity index (χ0n) is 16.4. The number of carbonyl (C=O) groups is 1. The number of aliphatic imine (C=N–C) groups is 1. The zero-order chi connectivity index (χ0) is 19.6. The molecule has 1 aliphatic rings. The fourth-order valence-electron chi connectivity index (χ4n) is 3.04. The van der Waals surface area contributed by atoms with Crippen LogP contribution in [0.15, 0.2) is 4.99 Å². The van der Waals surface area contributed by atoms with Crippen LogP contribution in [0.3, 0.4) is 0 Å².